The summed E-state index contributed by atoms with van der Waals surface area (Å²) < 4.78 is 23.1. The van der Waals surface area contributed by atoms with Gasteiger partial charge in [0.2, 0.25) is 0 Å². The molecule has 0 amide bonds. The molecule has 2 aliphatic heterocycles. The van der Waals surface area contributed by atoms with E-state index in [1.165, 1.54) is 11.3 Å². The van der Waals surface area contributed by atoms with Gasteiger partial charge >= 0.3 is 0 Å². The van der Waals surface area contributed by atoms with Gasteiger partial charge in [0.1, 0.15) is 0 Å². The highest BCUT2D eigenvalue weighted by atomic mass is 127. The molecule has 140 valence electrons. The molecular formula is C17H27IN4O2S. The van der Waals surface area contributed by atoms with Crippen molar-refractivity contribution in [2.24, 2.45) is 4.99 Å². The number of nitrogens with zero attached hydrogens (tertiary/aromatic N) is 2. The van der Waals surface area contributed by atoms with Crippen molar-refractivity contribution in [2.75, 3.05) is 36.5 Å². The molecule has 2 heterocycles. The molecule has 0 aliphatic carbocycles. The quantitative estimate of drug-likeness (QED) is 0.389. The zero-order valence-electron chi connectivity index (χ0n) is 14.7. The van der Waals surface area contributed by atoms with Crippen molar-refractivity contribution in [1.82, 2.24) is 10.6 Å². The maximum atomic E-state index is 11.5. The van der Waals surface area contributed by atoms with Crippen molar-refractivity contribution in [2.45, 2.75) is 31.8 Å². The second kappa shape index (κ2) is 8.57. The van der Waals surface area contributed by atoms with Crippen LogP contribution in [-0.2, 0) is 16.3 Å². The number of nitrogens with one attached hydrogen (secondary N) is 2. The lowest BCUT2D eigenvalue weighted by molar-refractivity contribution is 0.599. The molecule has 0 spiro atoms. The van der Waals surface area contributed by atoms with Crippen molar-refractivity contribution in [3.63, 3.8) is 0 Å². The van der Waals surface area contributed by atoms with E-state index >= 15 is 0 Å². The van der Waals surface area contributed by atoms with Crippen molar-refractivity contribution in [1.29, 1.82) is 0 Å². The second-order valence-electron chi connectivity index (χ2n) is 6.62. The molecule has 1 saturated heterocycles. The third-order valence-electron chi connectivity index (χ3n) is 4.79. The highest BCUT2D eigenvalue weighted by molar-refractivity contribution is 14.0. The van der Waals surface area contributed by atoms with Gasteiger partial charge in [-0.15, -0.1) is 24.0 Å². The minimum absolute atomic E-state index is 0. The molecule has 0 aromatic heterocycles. The Morgan fingerprint density at radius 2 is 2.12 bits per heavy atom. The number of benzene rings is 1. The lowest BCUT2D eigenvalue weighted by Crippen LogP contribution is -2.46. The second-order valence-corrected chi connectivity index (χ2v) is 8.85. The zero-order chi connectivity index (χ0) is 17.2. The molecule has 2 unspecified atom stereocenters. The first-order valence-corrected chi connectivity index (χ1v) is 10.3. The van der Waals surface area contributed by atoms with E-state index in [1.54, 1.807) is 7.05 Å². The summed E-state index contributed by atoms with van der Waals surface area (Å²) in [6, 6.07) is 9.01. The van der Waals surface area contributed by atoms with E-state index in [1.807, 2.05) is 0 Å². The van der Waals surface area contributed by atoms with E-state index in [-0.39, 0.29) is 41.5 Å². The Kier molecular flexibility index (Phi) is 6.95. The summed E-state index contributed by atoms with van der Waals surface area (Å²) in [4.78, 5) is 6.62. The maximum Gasteiger partial charge on any atom is 0.191 e. The Balaban J connectivity index is 0.00000225. The van der Waals surface area contributed by atoms with Gasteiger partial charge < -0.3 is 15.5 Å². The summed E-state index contributed by atoms with van der Waals surface area (Å²) >= 11 is 0. The average molecular weight is 478 g/mol. The van der Waals surface area contributed by atoms with Crippen LogP contribution in [0.5, 0.6) is 0 Å². The molecule has 2 N–H and O–H groups in total. The van der Waals surface area contributed by atoms with Gasteiger partial charge in [0.05, 0.1) is 11.5 Å². The lowest BCUT2D eigenvalue weighted by Gasteiger charge is -2.25. The molecule has 25 heavy (non-hydrogen) atoms. The molecule has 0 saturated carbocycles. The van der Waals surface area contributed by atoms with Gasteiger partial charge in [-0.1, -0.05) is 18.2 Å². The van der Waals surface area contributed by atoms with Gasteiger partial charge in [-0.05, 0) is 31.4 Å². The SMILES string of the molecule is CN=C(NCCN1c2ccccc2CC1C)NC1CCS(=O)(=O)C1.I. The standard InChI is InChI=1S/C17H26N4O2S.HI/c1-13-11-14-5-3-4-6-16(14)21(13)9-8-19-17(18-2)20-15-7-10-24(22,23)12-15;/h3-6,13,15H,7-12H2,1-2H3,(H2,18,19,20);1H. The number of hydrogen-bond donors (Lipinski definition) is 2. The number of guanidine groups is 1. The van der Waals surface area contributed by atoms with Crippen LogP contribution < -0.4 is 15.5 Å². The highest BCUT2D eigenvalue weighted by Crippen LogP contribution is 2.31. The van der Waals surface area contributed by atoms with Gasteiger partial charge in [0.25, 0.3) is 0 Å². The van der Waals surface area contributed by atoms with Crippen LogP contribution in [0.2, 0.25) is 0 Å². The smallest absolute Gasteiger partial charge is 0.191 e. The normalized spacial score (nSPS) is 24.6. The minimum atomic E-state index is -2.88. The fraction of sp³-hybridized carbons (Fsp3) is 0.588. The topological polar surface area (TPSA) is 73.8 Å². The predicted molar refractivity (Wildman–Crippen MR) is 114 cm³/mol. The fourth-order valence-corrected chi connectivity index (χ4v) is 5.24. The molecule has 1 aromatic carbocycles. The molecular weight excluding hydrogens is 451 g/mol. The summed E-state index contributed by atoms with van der Waals surface area (Å²) in [5, 5.41) is 6.52. The molecule has 0 radical (unpaired) electrons. The summed E-state index contributed by atoms with van der Waals surface area (Å²) in [6.45, 7) is 3.90. The van der Waals surface area contributed by atoms with Crippen molar-refractivity contribution < 1.29 is 8.42 Å². The van der Waals surface area contributed by atoms with Crippen LogP contribution >= 0.6 is 24.0 Å². The van der Waals surface area contributed by atoms with E-state index in [2.05, 4.69) is 51.7 Å². The molecule has 2 aliphatic rings. The van der Waals surface area contributed by atoms with E-state index in [4.69, 9.17) is 0 Å². The van der Waals surface area contributed by atoms with Gasteiger partial charge in [-0.25, -0.2) is 8.42 Å². The first kappa shape index (κ1) is 20.3. The Morgan fingerprint density at radius 1 is 1.36 bits per heavy atom. The van der Waals surface area contributed by atoms with Crippen LogP contribution in [0.15, 0.2) is 29.3 Å². The van der Waals surface area contributed by atoms with Crippen LogP contribution in [0.25, 0.3) is 0 Å². The van der Waals surface area contributed by atoms with Crippen LogP contribution in [0.1, 0.15) is 18.9 Å². The number of halogens is 1. The van der Waals surface area contributed by atoms with Crippen molar-refractivity contribution in [3.05, 3.63) is 29.8 Å². The minimum Gasteiger partial charge on any atom is -0.367 e. The van der Waals surface area contributed by atoms with Crippen molar-refractivity contribution in [3.8, 4) is 0 Å². The number of anilines is 1. The highest BCUT2D eigenvalue weighted by Gasteiger charge is 2.28. The Hall–Kier alpha value is -1.03. The largest absolute Gasteiger partial charge is 0.367 e. The summed E-state index contributed by atoms with van der Waals surface area (Å²) in [7, 11) is -1.16. The van der Waals surface area contributed by atoms with Crippen LogP contribution in [0.3, 0.4) is 0 Å². The summed E-state index contributed by atoms with van der Waals surface area (Å²) in [5.41, 5.74) is 2.72. The van der Waals surface area contributed by atoms with Crippen LogP contribution in [-0.4, -0.2) is 58.1 Å². The zero-order valence-corrected chi connectivity index (χ0v) is 17.9. The predicted octanol–water partition coefficient (Wildman–Crippen LogP) is 1.41. The maximum absolute atomic E-state index is 11.5. The third-order valence-corrected chi connectivity index (χ3v) is 6.56. The van der Waals surface area contributed by atoms with Gasteiger partial charge in [0.15, 0.2) is 15.8 Å². The molecule has 8 heteroatoms. The molecule has 1 fully saturated rings. The van der Waals surface area contributed by atoms with Gasteiger partial charge in [-0.2, -0.15) is 0 Å². The van der Waals surface area contributed by atoms with E-state index in [9.17, 15) is 8.42 Å². The summed E-state index contributed by atoms with van der Waals surface area (Å²) in [5.74, 6) is 1.14. The summed E-state index contributed by atoms with van der Waals surface area (Å²) in [6.07, 6.45) is 1.74. The number of hydrogen-bond acceptors (Lipinski definition) is 4. The first-order chi connectivity index (χ1) is 11.5. The molecule has 6 nitrogen and oxygen atoms in total. The number of aliphatic imine (C=N–C) groups is 1. The molecule has 1 aromatic rings. The van der Waals surface area contributed by atoms with Crippen molar-refractivity contribution >= 4 is 45.5 Å². The Labute approximate surface area is 167 Å². The number of para-hydroxylation sites is 1. The molecule has 2 atom stereocenters. The average Bonchev–Trinajstić information content (AvgIpc) is 3.05. The van der Waals surface area contributed by atoms with E-state index in [0.717, 1.165) is 19.5 Å². The van der Waals surface area contributed by atoms with Gasteiger partial charge in [0, 0.05) is 37.9 Å². The van der Waals surface area contributed by atoms with Gasteiger partial charge in [-0.3, -0.25) is 4.99 Å². The monoisotopic (exact) mass is 478 g/mol. The fourth-order valence-electron chi connectivity index (χ4n) is 3.56. The van der Waals surface area contributed by atoms with E-state index in [0.29, 0.717) is 18.4 Å². The Morgan fingerprint density at radius 3 is 2.80 bits per heavy atom. The number of rotatable bonds is 4. The van der Waals surface area contributed by atoms with E-state index < -0.39 is 9.84 Å². The van der Waals surface area contributed by atoms with Crippen LogP contribution in [0, 0.1) is 0 Å². The molecule has 3 rings (SSSR count). The first-order valence-electron chi connectivity index (χ1n) is 8.50. The molecule has 0 bridgehead atoms. The number of fused-ring (bicyclic) bond motifs is 1. The van der Waals surface area contributed by atoms with Crippen LogP contribution in [0.4, 0.5) is 5.69 Å². The number of sulfone groups is 1. The lowest BCUT2D eigenvalue weighted by atomic mass is 10.1. The third kappa shape index (κ3) is 4.99. The Bertz CT molecular complexity index is 723.